The molecule has 0 saturated carbocycles. The minimum absolute atomic E-state index is 0.0202. The number of thioether (sulfide) groups is 1. The minimum atomic E-state index is -0.709. The van der Waals surface area contributed by atoms with Gasteiger partial charge in [0, 0.05) is 12.1 Å². The highest BCUT2D eigenvalue weighted by Crippen LogP contribution is 2.38. The van der Waals surface area contributed by atoms with E-state index in [1.54, 1.807) is 6.08 Å². The number of rotatable bonds is 8. The van der Waals surface area contributed by atoms with E-state index in [0.717, 1.165) is 5.56 Å². The zero-order valence-electron chi connectivity index (χ0n) is 15.7. The van der Waals surface area contributed by atoms with Gasteiger partial charge in [-0.3, -0.25) is 9.59 Å². The Balaban J connectivity index is 1.86. The first-order valence-corrected chi connectivity index (χ1v) is 11.0. The molecule has 0 aliphatic heterocycles. The number of nitrogens with zero attached hydrogens (tertiary/aromatic N) is 1. The summed E-state index contributed by atoms with van der Waals surface area (Å²) in [5.41, 5.74) is 1.09. The topological polar surface area (TPSA) is 71.1 Å². The highest BCUT2D eigenvalue weighted by atomic mass is 35.5. The maximum atomic E-state index is 14.1. The van der Waals surface area contributed by atoms with Crippen LogP contribution in [0.2, 0.25) is 5.02 Å². The number of carbonyl (C=O) groups is 2. The predicted octanol–water partition coefficient (Wildman–Crippen LogP) is 5.25. The molecule has 0 spiro atoms. The number of anilines is 1. The average Bonchev–Trinajstić information content (AvgIpc) is 3.13. The van der Waals surface area contributed by atoms with Crippen molar-refractivity contribution in [2.24, 2.45) is 0 Å². The first-order chi connectivity index (χ1) is 14.5. The van der Waals surface area contributed by atoms with Crippen molar-refractivity contribution < 1.29 is 14.0 Å². The molecule has 154 valence electrons. The van der Waals surface area contributed by atoms with Gasteiger partial charge < -0.3 is 10.6 Å². The molecule has 0 radical (unpaired) electrons. The molecule has 3 rings (SSSR count). The lowest BCUT2D eigenvalue weighted by Crippen LogP contribution is -2.24. The van der Waals surface area contributed by atoms with E-state index in [1.165, 1.54) is 41.3 Å². The van der Waals surface area contributed by atoms with E-state index in [4.69, 9.17) is 11.6 Å². The summed E-state index contributed by atoms with van der Waals surface area (Å²) in [6, 6.07) is 13.3. The third-order valence-corrected chi connectivity index (χ3v) is 6.27. The molecule has 0 aliphatic carbocycles. The van der Waals surface area contributed by atoms with Crippen molar-refractivity contribution in [2.75, 3.05) is 17.6 Å². The molecule has 0 fully saturated rings. The number of benzene rings is 2. The molecule has 1 aromatic heterocycles. The Morgan fingerprint density at radius 1 is 1.20 bits per heavy atom. The van der Waals surface area contributed by atoms with Crippen molar-refractivity contribution in [3.05, 3.63) is 77.6 Å². The van der Waals surface area contributed by atoms with Gasteiger partial charge >= 0.3 is 0 Å². The molecule has 0 unspecified atom stereocenters. The zero-order valence-corrected chi connectivity index (χ0v) is 18.0. The van der Waals surface area contributed by atoms with Gasteiger partial charge in [0.25, 0.3) is 5.91 Å². The smallest absolute Gasteiger partial charge is 0.260 e. The van der Waals surface area contributed by atoms with Crippen LogP contribution in [-0.2, 0) is 4.79 Å². The number of nitrogens with one attached hydrogen (secondary N) is 2. The van der Waals surface area contributed by atoms with Gasteiger partial charge in [-0.2, -0.15) is 0 Å². The largest absolute Gasteiger partial charge is 0.352 e. The van der Waals surface area contributed by atoms with Gasteiger partial charge in [0.05, 0.1) is 16.3 Å². The lowest BCUT2D eigenvalue weighted by Gasteiger charge is -2.07. The second-order valence-electron chi connectivity index (χ2n) is 5.96. The summed E-state index contributed by atoms with van der Waals surface area (Å²) in [5, 5.41) is 5.87. The van der Waals surface area contributed by atoms with Crippen molar-refractivity contribution in [1.82, 2.24) is 10.3 Å². The van der Waals surface area contributed by atoms with Crippen molar-refractivity contribution in [1.29, 1.82) is 0 Å². The zero-order chi connectivity index (χ0) is 21.5. The quantitative estimate of drug-likeness (QED) is 0.355. The van der Waals surface area contributed by atoms with E-state index in [2.05, 4.69) is 22.2 Å². The highest BCUT2D eigenvalue weighted by Gasteiger charge is 2.21. The van der Waals surface area contributed by atoms with E-state index < -0.39 is 11.7 Å². The standard InChI is InChI=1S/C21H17ClFN3O2S2/c1-2-11-24-16(27)12-29-21-25-18(13-7-4-3-5-8-13)20(30-21)26-19(28)17-14(22)9-6-10-15(17)23/h2-10H,1,11-12H2,(H,24,27)(H,26,28). The fraction of sp³-hybridized carbons (Fsp3) is 0.0952. The molecule has 30 heavy (non-hydrogen) atoms. The number of carbonyl (C=O) groups excluding carboxylic acids is 2. The lowest BCUT2D eigenvalue weighted by molar-refractivity contribution is -0.118. The monoisotopic (exact) mass is 461 g/mol. The number of hydrogen-bond donors (Lipinski definition) is 2. The summed E-state index contributed by atoms with van der Waals surface area (Å²) in [4.78, 5) is 29.1. The summed E-state index contributed by atoms with van der Waals surface area (Å²) in [6.45, 7) is 3.94. The number of amides is 2. The lowest BCUT2D eigenvalue weighted by atomic mass is 10.1. The van der Waals surface area contributed by atoms with Crippen LogP contribution < -0.4 is 10.6 Å². The van der Waals surface area contributed by atoms with E-state index in [-0.39, 0.29) is 22.2 Å². The van der Waals surface area contributed by atoms with Crippen LogP contribution >= 0.6 is 34.7 Å². The third-order valence-electron chi connectivity index (χ3n) is 3.84. The van der Waals surface area contributed by atoms with E-state index in [0.29, 0.717) is 21.6 Å². The van der Waals surface area contributed by atoms with Gasteiger partial charge in [-0.25, -0.2) is 9.37 Å². The fourth-order valence-corrected chi connectivity index (χ4v) is 4.62. The van der Waals surface area contributed by atoms with Crippen LogP contribution in [-0.4, -0.2) is 29.1 Å². The molecular weight excluding hydrogens is 445 g/mol. The Kier molecular flexibility index (Phi) is 7.62. The summed E-state index contributed by atoms with van der Waals surface area (Å²) >= 11 is 8.47. The Hall–Kier alpha value is -2.68. The van der Waals surface area contributed by atoms with Crippen molar-refractivity contribution >= 4 is 51.5 Å². The molecule has 2 amide bonds. The van der Waals surface area contributed by atoms with Gasteiger partial charge in [0.15, 0.2) is 4.34 Å². The molecule has 0 aliphatic rings. The fourth-order valence-electron chi connectivity index (χ4n) is 2.48. The molecule has 2 aromatic carbocycles. The third kappa shape index (κ3) is 5.47. The predicted molar refractivity (Wildman–Crippen MR) is 121 cm³/mol. The average molecular weight is 462 g/mol. The Morgan fingerprint density at radius 2 is 1.97 bits per heavy atom. The second-order valence-corrected chi connectivity index (χ2v) is 8.58. The Bertz CT molecular complexity index is 1050. The van der Waals surface area contributed by atoms with Gasteiger partial charge in [0.1, 0.15) is 16.5 Å². The van der Waals surface area contributed by atoms with Gasteiger partial charge in [-0.15, -0.1) is 6.58 Å². The maximum absolute atomic E-state index is 14.1. The minimum Gasteiger partial charge on any atom is -0.352 e. The summed E-state index contributed by atoms with van der Waals surface area (Å²) in [6.07, 6.45) is 1.60. The molecule has 2 N–H and O–H groups in total. The Morgan fingerprint density at radius 3 is 2.67 bits per heavy atom. The molecule has 0 saturated heterocycles. The summed E-state index contributed by atoms with van der Waals surface area (Å²) in [7, 11) is 0. The van der Waals surface area contributed by atoms with Gasteiger partial charge in [-0.1, -0.05) is 77.2 Å². The van der Waals surface area contributed by atoms with Crippen LogP contribution in [0.5, 0.6) is 0 Å². The highest BCUT2D eigenvalue weighted by molar-refractivity contribution is 8.01. The van der Waals surface area contributed by atoms with Crippen LogP contribution in [0.1, 0.15) is 10.4 Å². The van der Waals surface area contributed by atoms with Gasteiger partial charge in [0.2, 0.25) is 5.91 Å². The first-order valence-electron chi connectivity index (χ1n) is 8.81. The summed E-state index contributed by atoms with van der Waals surface area (Å²) in [5.74, 6) is -1.36. The van der Waals surface area contributed by atoms with E-state index >= 15 is 0 Å². The molecule has 9 heteroatoms. The van der Waals surface area contributed by atoms with Crippen molar-refractivity contribution in [3.63, 3.8) is 0 Å². The first kappa shape index (κ1) is 22.0. The van der Waals surface area contributed by atoms with Crippen LogP contribution in [0.4, 0.5) is 9.39 Å². The van der Waals surface area contributed by atoms with Crippen LogP contribution in [0.15, 0.2) is 65.5 Å². The maximum Gasteiger partial charge on any atom is 0.260 e. The second kappa shape index (κ2) is 10.4. The van der Waals surface area contributed by atoms with Crippen molar-refractivity contribution in [2.45, 2.75) is 4.34 Å². The molecule has 1 heterocycles. The van der Waals surface area contributed by atoms with E-state index in [1.807, 2.05) is 30.3 Å². The number of halogens is 2. The van der Waals surface area contributed by atoms with E-state index in [9.17, 15) is 14.0 Å². The Labute approximate surface area is 186 Å². The van der Waals surface area contributed by atoms with Crippen LogP contribution in [0, 0.1) is 5.82 Å². The molecule has 0 bridgehead atoms. The summed E-state index contributed by atoms with van der Waals surface area (Å²) < 4.78 is 14.7. The SMILES string of the molecule is C=CCNC(=O)CSc1nc(-c2ccccc2)c(NC(=O)c2c(F)cccc2Cl)s1. The normalized spacial score (nSPS) is 10.5. The number of aromatic nitrogens is 1. The van der Waals surface area contributed by atoms with Crippen LogP contribution in [0.3, 0.4) is 0 Å². The number of thiazole rings is 1. The number of hydrogen-bond acceptors (Lipinski definition) is 5. The van der Waals surface area contributed by atoms with Crippen LogP contribution in [0.25, 0.3) is 11.3 Å². The molecule has 3 aromatic rings. The van der Waals surface area contributed by atoms with Crippen molar-refractivity contribution in [3.8, 4) is 11.3 Å². The molecule has 0 atom stereocenters. The molecular formula is C21H17ClFN3O2S2. The van der Waals surface area contributed by atoms with Gasteiger partial charge in [-0.05, 0) is 12.1 Å². The molecule has 5 nitrogen and oxygen atoms in total.